The van der Waals surface area contributed by atoms with Gasteiger partial charge in [-0.1, -0.05) is 6.42 Å². The third-order valence-electron chi connectivity index (χ3n) is 3.34. The Balaban J connectivity index is 1.85. The van der Waals surface area contributed by atoms with Gasteiger partial charge in [0.1, 0.15) is 0 Å². The van der Waals surface area contributed by atoms with Gasteiger partial charge in [-0.3, -0.25) is 0 Å². The van der Waals surface area contributed by atoms with Crippen molar-refractivity contribution in [1.82, 2.24) is 5.32 Å². The summed E-state index contributed by atoms with van der Waals surface area (Å²) >= 11 is 0. The van der Waals surface area contributed by atoms with Crippen LogP contribution in [0.4, 0.5) is 0 Å². The highest BCUT2D eigenvalue weighted by atomic mass is 16.5. The van der Waals surface area contributed by atoms with Gasteiger partial charge in [0.15, 0.2) is 0 Å². The summed E-state index contributed by atoms with van der Waals surface area (Å²) in [5, 5.41) is 3.26. The second-order valence-corrected chi connectivity index (χ2v) is 4.13. The van der Waals surface area contributed by atoms with E-state index in [9.17, 15) is 0 Å². The van der Waals surface area contributed by atoms with Crippen LogP contribution in [0, 0.1) is 11.8 Å². The number of hydrogen-bond donors (Lipinski definition) is 1. The van der Waals surface area contributed by atoms with E-state index in [0.29, 0.717) is 6.10 Å². The van der Waals surface area contributed by atoms with Gasteiger partial charge in [0.25, 0.3) is 0 Å². The van der Waals surface area contributed by atoms with E-state index in [1.54, 1.807) is 0 Å². The van der Waals surface area contributed by atoms with Crippen LogP contribution in [-0.2, 0) is 4.74 Å². The highest BCUT2D eigenvalue weighted by Gasteiger charge is 2.36. The third kappa shape index (κ3) is 1.50. The van der Waals surface area contributed by atoms with E-state index >= 15 is 0 Å². The lowest BCUT2D eigenvalue weighted by Crippen LogP contribution is -2.35. The molecule has 1 saturated heterocycles. The zero-order chi connectivity index (χ0) is 8.39. The molecule has 2 unspecified atom stereocenters. The largest absolute Gasteiger partial charge is 0.378 e. The molecule has 70 valence electrons. The zero-order valence-electron chi connectivity index (χ0n) is 7.88. The van der Waals surface area contributed by atoms with Crippen LogP contribution >= 0.6 is 0 Å². The number of ether oxygens (including phenoxy) is 1. The molecule has 1 aliphatic carbocycles. The first-order chi connectivity index (χ1) is 5.92. The van der Waals surface area contributed by atoms with Gasteiger partial charge in [0.2, 0.25) is 0 Å². The van der Waals surface area contributed by atoms with Gasteiger partial charge >= 0.3 is 0 Å². The SMILES string of the molecule is CNCC1CCOC1C1CCC1. The number of nitrogens with one attached hydrogen (secondary N) is 1. The van der Waals surface area contributed by atoms with Crippen molar-refractivity contribution < 1.29 is 4.74 Å². The first-order valence-electron chi connectivity index (χ1n) is 5.18. The molecule has 0 aromatic rings. The fraction of sp³-hybridized carbons (Fsp3) is 1.00. The maximum absolute atomic E-state index is 5.78. The quantitative estimate of drug-likeness (QED) is 0.689. The predicted molar refractivity (Wildman–Crippen MR) is 49.1 cm³/mol. The smallest absolute Gasteiger partial charge is 0.0644 e. The van der Waals surface area contributed by atoms with E-state index in [2.05, 4.69) is 5.32 Å². The highest BCUT2D eigenvalue weighted by molar-refractivity contribution is 4.87. The van der Waals surface area contributed by atoms with Gasteiger partial charge in [0, 0.05) is 13.2 Å². The van der Waals surface area contributed by atoms with Crippen LogP contribution in [0.15, 0.2) is 0 Å². The van der Waals surface area contributed by atoms with E-state index in [-0.39, 0.29) is 0 Å². The molecule has 0 aromatic heterocycles. The van der Waals surface area contributed by atoms with E-state index in [1.165, 1.54) is 25.7 Å². The van der Waals surface area contributed by atoms with Crippen molar-refractivity contribution in [2.75, 3.05) is 20.2 Å². The third-order valence-corrected chi connectivity index (χ3v) is 3.34. The highest BCUT2D eigenvalue weighted by Crippen LogP contribution is 2.38. The zero-order valence-corrected chi connectivity index (χ0v) is 7.88. The molecule has 2 aliphatic rings. The molecule has 1 aliphatic heterocycles. The lowest BCUT2D eigenvalue weighted by molar-refractivity contribution is 0.0107. The standard InChI is InChI=1S/C10H19NO/c1-11-7-9-5-6-12-10(9)8-3-2-4-8/h8-11H,2-7H2,1H3. The van der Waals surface area contributed by atoms with Gasteiger partial charge in [-0.15, -0.1) is 0 Å². The van der Waals surface area contributed by atoms with E-state index in [0.717, 1.165) is 25.0 Å². The Labute approximate surface area is 74.7 Å². The average Bonchev–Trinajstić information content (AvgIpc) is 2.35. The van der Waals surface area contributed by atoms with Gasteiger partial charge in [-0.25, -0.2) is 0 Å². The van der Waals surface area contributed by atoms with Crippen LogP contribution in [-0.4, -0.2) is 26.3 Å². The van der Waals surface area contributed by atoms with Crippen molar-refractivity contribution in [3.8, 4) is 0 Å². The molecule has 2 nitrogen and oxygen atoms in total. The summed E-state index contributed by atoms with van der Waals surface area (Å²) in [5.74, 6) is 1.69. The van der Waals surface area contributed by atoms with E-state index in [4.69, 9.17) is 4.74 Å². The van der Waals surface area contributed by atoms with Crippen LogP contribution < -0.4 is 5.32 Å². The normalized spacial score (nSPS) is 36.8. The van der Waals surface area contributed by atoms with Crippen LogP contribution in [0.1, 0.15) is 25.7 Å². The fourth-order valence-corrected chi connectivity index (χ4v) is 2.43. The van der Waals surface area contributed by atoms with Gasteiger partial charge in [-0.2, -0.15) is 0 Å². The Hall–Kier alpha value is -0.0800. The molecule has 2 fully saturated rings. The summed E-state index contributed by atoms with van der Waals surface area (Å²) in [7, 11) is 2.04. The van der Waals surface area contributed by atoms with Crippen LogP contribution in [0.3, 0.4) is 0 Å². The molecule has 2 rings (SSSR count). The molecule has 0 amide bonds. The lowest BCUT2D eigenvalue weighted by atomic mass is 9.77. The molecule has 12 heavy (non-hydrogen) atoms. The Morgan fingerprint density at radius 1 is 1.33 bits per heavy atom. The lowest BCUT2D eigenvalue weighted by Gasteiger charge is -2.33. The number of rotatable bonds is 3. The van der Waals surface area contributed by atoms with Crippen LogP contribution in [0.5, 0.6) is 0 Å². The fourth-order valence-electron chi connectivity index (χ4n) is 2.43. The summed E-state index contributed by atoms with van der Waals surface area (Å²) in [4.78, 5) is 0. The monoisotopic (exact) mass is 169 g/mol. The Morgan fingerprint density at radius 3 is 2.75 bits per heavy atom. The maximum atomic E-state index is 5.78. The van der Waals surface area contributed by atoms with E-state index < -0.39 is 0 Å². The first-order valence-corrected chi connectivity index (χ1v) is 5.18. The Morgan fingerprint density at radius 2 is 2.17 bits per heavy atom. The van der Waals surface area contributed by atoms with Gasteiger partial charge < -0.3 is 10.1 Å². The topological polar surface area (TPSA) is 21.3 Å². The van der Waals surface area contributed by atoms with Crippen molar-refractivity contribution in [2.45, 2.75) is 31.8 Å². The Bertz CT molecular complexity index is 145. The van der Waals surface area contributed by atoms with E-state index in [1.807, 2.05) is 7.05 Å². The average molecular weight is 169 g/mol. The summed E-state index contributed by atoms with van der Waals surface area (Å²) < 4.78 is 5.78. The van der Waals surface area contributed by atoms with Crippen molar-refractivity contribution in [2.24, 2.45) is 11.8 Å². The first kappa shape index (κ1) is 8.52. The van der Waals surface area contributed by atoms with Gasteiger partial charge in [0.05, 0.1) is 6.10 Å². The van der Waals surface area contributed by atoms with Crippen molar-refractivity contribution in [3.05, 3.63) is 0 Å². The second-order valence-electron chi connectivity index (χ2n) is 4.13. The molecule has 0 aromatic carbocycles. The molecular weight excluding hydrogens is 150 g/mol. The van der Waals surface area contributed by atoms with Crippen molar-refractivity contribution in [1.29, 1.82) is 0 Å². The minimum Gasteiger partial charge on any atom is -0.378 e. The summed E-state index contributed by atoms with van der Waals surface area (Å²) in [6.07, 6.45) is 6.10. The molecule has 1 N–H and O–H groups in total. The van der Waals surface area contributed by atoms with Crippen molar-refractivity contribution >= 4 is 0 Å². The predicted octanol–water partition coefficient (Wildman–Crippen LogP) is 1.41. The molecule has 2 atom stereocenters. The van der Waals surface area contributed by atoms with Gasteiger partial charge in [-0.05, 0) is 38.1 Å². The summed E-state index contributed by atoms with van der Waals surface area (Å²) in [6.45, 7) is 2.13. The van der Waals surface area contributed by atoms with Crippen molar-refractivity contribution in [3.63, 3.8) is 0 Å². The second kappa shape index (κ2) is 3.75. The summed E-state index contributed by atoms with van der Waals surface area (Å²) in [6, 6.07) is 0. The molecule has 0 spiro atoms. The molecule has 0 bridgehead atoms. The Kier molecular flexibility index (Phi) is 2.66. The number of hydrogen-bond acceptors (Lipinski definition) is 2. The minimum atomic E-state index is 0.589. The molecule has 2 heteroatoms. The molecule has 1 heterocycles. The van der Waals surface area contributed by atoms with Crippen LogP contribution in [0.25, 0.3) is 0 Å². The summed E-state index contributed by atoms with van der Waals surface area (Å²) in [5.41, 5.74) is 0. The molecular formula is C10H19NO. The molecule has 0 radical (unpaired) electrons. The maximum Gasteiger partial charge on any atom is 0.0644 e. The minimum absolute atomic E-state index is 0.589. The van der Waals surface area contributed by atoms with Crippen LogP contribution in [0.2, 0.25) is 0 Å². The molecule has 1 saturated carbocycles.